The van der Waals surface area contributed by atoms with E-state index in [2.05, 4.69) is 10.6 Å². The van der Waals surface area contributed by atoms with Crippen LogP contribution in [-0.2, 0) is 4.79 Å². The molecule has 0 atom stereocenters. The molecule has 0 radical (unpaired) electrons. The molecule has 1 aromatic rings. The third-order valence-electron chi connectivity index (χ3n) is 4.15. The molecular weight excluding hydrogens is 344 g/mol. The largest absolute Gasteiger partial charge is 0.497 e. The van der Waals surface area contributed by atoms with E-state index in [0.717, 1.165) is 17.2 Å². The fourth-order valence-corrected chi connectivity index (χ4v) is 3.63. The highest BCUT2D eigenvalue weighted by Gasteiger charge is 2.11. The van der Waals surface area contributed by atoms with Crippen LogP contribution in [0.15, 0.2) is 29.2 Å². The van der Waals surface area contributed by atoms with Gasteiger partial charge in [-0.3, -0.25) is 4.79 Å². The van der Waals surface area contributed by atoms with E-state index >= 15 is 0 Å². The summed E-state index contributed by atoms with van der Waals surface area (Å²) < 4.78 is 5.19. The summed E-state index contributed by atoms with van der Waals surface area (Å²) in [5, 5.41) is 6.55. The molecule has 2 N–H and O–H groups in total. The molecule has 4 nitrogen and oxygen atoms in total. The zero-order chi connectivity index (χ0) is 16.3. The zero-order valence-electron chi connectivity index (χ0n) is 14.4. The van der Waals surface area contributed by atoms with Crippen LogP contribution >= 0.6 is 24.2 Å². The second kappa shape index (κ2) is 12.5. The van der Waals surface area contributed by atoms with Crippen LogP contribution < -0.4 is 15.4 Å². The minimum absolute atomic E-state index is 0. The third-order valence-corrected chi connectivity index (χ3v) is 5.14. The molecule has 24 heavy (non-hydrogen) atoms. The van der Waals surface area contributed by atoms with Gasteiger partial charge in [-0.15, -0.1) is 24.2 Å². The zero-order valence-corrected chi connectivity index (χ0v) is 16.0. The summed E-state index contributed by atoms with van der Waals surface area (Å²) in [5.74, 6) is 1.35. The Morgan fingerprint density at radius 3 is 2.67 bits per heavy atom. The fourth-order valence-electron chi connectivity index (χ4n) is 2.85. The first kappa shape index (κ1) is 21.1. The lowest BCUT2D eigenvalue weighted by Gasteiger charge is -2.16. The Morgan fingerprint density at radius 1 is 1.21 bits per heavy atom. The van der Waals surface area contributed by atoms with Crippen LogP contribution in [-0.4, -0.2) is 37.9 Å². The Morgan fingerprint density at radius 2 is 1.96 bits per heavy atom. The number of methoxy groups -OCH3 is 1. The normalized spacial score (nSPS) is 15.2. The number of nitrogens with one attached hydrogen (secondary N) is 2. The first-order valence-corrected chi connectivity index (χ1v) is 9.53. The molecule has 6 heteroatoms. The molecule has 0 saturated heterocycles. The van der Waals surface area contributed by atoms with Gasteiger partial charge in [-0.25, -0.2) is 0 Å². The Kier molecular flexibility index (Phi) is 11.0. The predicted octanol–water partition coefficient (Wildman–Crippen LogP) is 3.64. The standard InChI is InChI=1S/C18H28N2O2S.ClH/c1-22-16-9-6-10-17(13-16)23-14-18(21)20-12-11-19-15-7-4-2-3-5-8-15;/h6,9-10,13,15,19H,2-5,7-8,11-12,14H2,1H3,(H,20,21);1H. The Labute approximate surface area is 155 Å². The molecule has 2 rings (SSSR count). The third kappa shape index (κ3) is 8.27. The van der Waals surface area contributed by atoms with Crippen LogP contribution in [0.25, 0.3) is 0 Å². The molecular formula is C18H29ClN2O2S. The quantitative estimate of drug-likeness (QED) is 0.415. The van der Waals surface area contributed by atoms with Gasteiger partial charge in [0.2, 0.25) is 5.91 Å². The molecule has 0 bridgehead atoms. The summed E-state index contributed by atoms with van der Waals surface area (Å²) in [6, 6.07) is 8.43. The number of amides is 1. The van der Waals surface area contributed by atoms with Crippen molar-refractivity contribution in [3.8, 4) is 5.75 Å². The Bertz CT molecular complexity index is 480. The van der Waals surface area contributed by atoms with Gasteiger partial charge >= 0.3 is 0 Å². The smallest absolute Gasteiger partial charge is 0.230 e. The molecule has 136 valence electrons. The number of hydrogen-bond donors (Lipinski definition) is 2. The van der Waals surface area contributed by atoms with E-state index in [1.807, 2.05) is 24.3 Å². The van der Waals surface area contributed by atoms with Crippen LogP contribution in [0.3, 0.4) is 0 Å². The molecule has 0 aromatic heterocycles. The molecule has 1 aliphatic rings. The summed E-state index contributed by atoms with van der Waals surface area (Å²) in [4.78, 5) is 12.9. The number of benzene rings is 1. The maximum absolute atomic E-state index is 11.9. The van der Waals surface area contributed by atoms with Gasteiger partial charge in [-0.1, -0.05) is 31.7 Å². The minimum Gasteiger partial charge on any atom is -0.497 e. The summed E-state index contributed by atoms with van der Waals surface area (Å²) >= 11 is 1.53. The topological polar surface area (TPSA) is 50.4 Å². The number of carbonyl (C=O) groups is 1. The first-order chi connectivity index (χ1) is 11.3. The monoisotopic (exact) mass is 372 g/mol. The predicted molar refractivity (Wildman–Crippen MR) is 103 cm³/mol. The van der Waals surface area contributed by atoms with E-state index in [1.54, 1.807) is 7.11 Å². The number of thioether (sulfide) groups is 1. The van der Waals surface area contributed by atoms with E-state index in [0.29, 0.717) is 18.3 Å². The second-order valence-corrected chi connectivity index (χ2v) is 7.01. The van der Waals surface area contributed by atoms with Crippen molar-refractivity contribution in [3.05, 3.63) is 24.3 Å². The van der Waals surface area contributed by atoms with Crippen LogP contribution in [0.1, 0.15) is 38.5 Å². The van der Waals surface area contributed by atoms with Gasteiger partial charge in [0.25, 0.3) is 0 Å². The van der Waals surface area contributed by atoms with E-state index in [1.165, 1.54) is 50.3 Å². The van der Waals surface area contributed by atoms with Gasteiger partial charge < -0.3 is 15.4 Å². The van der Waals surface area contributed by atoms with Gasteiger partial charge in [0.1, 0.15) is 5.75 Å². The van der Waals surface area contributed by atoms with Crippen molar-refractivity contribution in [2.45, 2.75) is 49.5 Å². The fraction of sp³-hybridized carbons (Fsp3) is 0.611. The van der Waals surface area contributed by atoms with E-state index in [4.69, 9.17) is 4.74 Å². The number of carbonyl (C=O) groups excluding carboxylic acids is 1. The van der Waals surface area contributed by atoms with Crippen LogP contribution in [0, 0.1) is 0 Å². The first-order valence-electron chi connectivity index (χ1n) is 8.55. The highest BCUT2D eigenvalue weighted by atomic mass is 35.5. The van der Waals surface area contributed by atoms with Crippen molar-refractivity contribution in [2.24, 2.45) is 0 Å². The molecule has 1 saturated carbocycles. The van der Waals surface area contributed by atoms with Crippen molar-refractivity contribution in [1.82, 2.24) is 10.6 Å². The lowest BCUT2D eigenvalue weighted by molar-refractivity contribution is -0.118. The second-order valence-electron chi connectivity index (χ2n) is 5.96. The van der Waals surface area contributed by atoms with Gasteiger partial charge in [0.15, 0.2) is 0 Å². The molecule has 1 amide bonds. The maximum Gasteiger partial charge on any atom is 0.230 e. The lowest BCUT2D eigenvalue weighted by Crippen LogP contribution is -2.37. The van der Waals surface area contributed by atoms with Crippen molar-refractivity contribution < 1.29 is 9.53 Å². The Hall–Kier alpha value is -0.910. The molecule has 0 spiro atoms. The molecule has 0 heterocycles. The molecule has 0 aliphatic heterocycles. The summed E-state index contributed by atoms with van der Waals surface area (Å²) in [6.07, 6.45) is 7.97. The van der Waals surface area contributed by atoms with Crippen LogP contribution in [0.5, 0.6) is 5.75 Å². The summed E-state index contributed by atoms with van der Waals surface area (Å²) in [6.45, 7) is 1.56. The van der Waals surface area contributed by atoms with Gasteiger partial charge in [0.05, 0.1) is 12.9 Å². The number of hydrogen-bond acceptors (Lipinski definition) is 4. The van der Waals surface area contributed by atoms with Crippen LogP contribution in [0.2, 0.25) is 0 Å². The highest BCUT2D eigenvalue weighted by molar-refractivity contribution is 8.00. The minimum atomic E-state index is 0. The van der Waals surface area contributed by atoms with Crippen molar-refractivity contribution in [1.29, 1.82) is 0 Å². The summed E-state index contributed by atoms with van der Waals surface area (Å²) in [5.41, 5.74) is 0. The Balaban J connectivity index is 0.00000288. The summed E-state index contributed by atoms with van der Waals surface area (Å²) in [7, 11) is 1.65. The van der Waals surface area contributed by atoms with Crippen molar-refractivity contribution in [3.63, 3.8) is 0 Å². The van der Waals surface area contributed by atoms with Crippen molar-refractivity contribution >= 4 is 30.1 Å². The molecule has 1 aromatic carbocycles. The van der Waals surface area contributed by atoms with E-state index < -0.39 is 0 Å². The van der Waals surface area contributed by atoms with Crippen molar-refractivity contribution in [2.75, 3.05) is 26.0 Å². The number of ether oxygens (including phenoxy) is 1. The average molecular weight is 373 g/mol. The van der Waals surface area contributed by atoms with Gasteiger partial charge in [-0.05, 0) is 31.0 Å². The highest BCUT2D eigenvalue weighted by Crippen LogP contribution is 2.22. The lowest BCUT2D eigenvalue weighted by atomic mass is 10.1. The van der Waals surface area contributed by atoms with E-state index in [-0.39, 0.29) is 18.3 Å². The molecule has 1 aliphatic carbocycles. The molecule has 0 unspecified atom stereocenters. The molecule has 1 fully saturated rings. The maximum atomic E-state index is 11.9. The number of rotatable bonds is 8. The average Bonchev–Trinajstić information content (AvgIpc) is 2.86. The van der Waals surface area contributed by atoms with E-state index in [9.17, 15) is 4.79 Å². The SMILES string of the molecule is COc1cccc(SCC(=O)NCCNC2CCCCCC2)c1.Cl. The van der Waals surface area contributed by atoms with Gasteiger partial charge in [-0.2, -0.15) is 0 Å². The number of halogens is 1. The van der Waals surface area contributed by atoms with Crippen LogP contribution in [0.4, 0.5) is 0 Å². The van der Waals surface area contributed by atoms with Gasteiger partial charge in [0, 0.05) is 24.0 Å².